The van der Waals surface area contributed by atoms with Gasteiger partial charge >= 0.3 is 81.8 Å². The summed E-state index contributed by atoms with van der Waals surface area (Å²) in [5, 5.41) is 0. The average molecular weight is 266 g/mol. The van der Waals surface area contributed by atoms with Gasteiger partial charge in [-0.15, -0.1) is 0 Å². The van der Waals surface area contributed by atoms with E-state index in [9.17, 15) is 0 Å². The molecule has 0 saturated carbocycles. The molecular formula is CH2AuKO. The van der Waals surface area contributed by atoms with Crippen LogP contribution in [0.5, 0.6) is 0 Å². The van der Waals surface area contributed by atoms with Crippen LogP contribution in [-0.2, 0) is 25.9 Å². The van der Waals surface area contributed by atoms with Crippen LogP contribution in [0.3, 0.4) is 0 Å². The van der Waals surface area contributed by atoms with Crippen LogP contribution in [-0.4, -0.2) is 55.9 Å². The summed E-state index contributed by atoms with van der Waals surface area (Å²) in [6.07, 6.45) is 0. The van der Waals surface area contributed by atoms with Gasteiger partial charge in [-0.1, -0.05) is 0 Å². The van der Waals surface area contributed by atoms with E-state index in [2.05, 4.69) is 0 Å². The van der Waals surface area contributed by atoms with Crippen molar-refractivity contribution in [2.24, 2.45) is 0 Å². The van der Waals surface area contributed by atoms with Crippen LogP contribution >= 0.6 is 0 Å². The van der Waals surface area contributed by atoms with Gasteiger partial charge in [-0.05, 0) is 0 Å². The van der Waals surface area contributed by atoms with Gasteiger partial charge in [0.05, 0.1) is 0 Å². The first kappa shape index (κ1) is 9.40. The van der Waals surface area contributed by atoms with Crippen molar-refractivity contribution in [3.8, 4) is 0 Å². The molecule has 0 saturated heterocycles. The quantitative estimate of drug-likeness (QED) is 0.409. The zero-order valence-electron chi connectivity index (χ0n) is 1.29. The van der Waals surface area contributed by atoms with Crippen molar-refractivity contribution >= 4 is 55.9 Å². The second-order valence-corrected chi connectivity index (χ2v) is 0.582. The number of carbonyl (C=O) groups is 1. The van der Waals surface area contributed by atoms with Crippen LogP contribution in [0, 0.1) is 0 Å². The van der Waals surface area contributed by atoms with Gasteiger partial charge < -0.3 is 0 Å². The summed E-state index contributed by atoms with van der Waals surface area (Å²) in [6.45, 7) is 0. The summed E-state index contributed by atoms with van der Waals surface area (Å²) >= 11 is 1.75. The number of hydrogen-bond donors (Lipinski definition) is 0. The molecule has 0 aliphatic rings. The molecule has 0 rings (SSSR count). The molecule has 4 heavy (non-hydrogen) atoms. The Morgan fingerprint density at radius 3 is 1.75 bits per heavy atom. The molecule has 0 aliphatic heterocycles. The molecule has 0 heterocycles. The summed E-state index contributed by atoms with van der Waals surface area (Å²) in [5.74, 6) is 0. The van der Waals surface area contributed by atoms with Gasteiger partial charge in [0.15, 0.2) is 0 Å². The Labute approximate surface area is 79.9 Å². The van der Waals surface area contributed by atoms with Crippen LogP contribution in [0.15, 0.2) is 0 Å². The zero-order valence-corrected chi connectivity index (χ0v) is 3.45. The molecule has 0 aliphatic carbocycles. The van der Waals surface area contributed by atoms with E-state index in [1.807, 2.05) is 0 Å². The average Bonchev–Trinajstić information content (AvgIpc) is 0.918. The van der Waals surface area contributed by atoms with Crippen LogP contribution in [0.25, 0.3) is 0 Å². The monoisotopic (exact) mass is 266 g/mol. The molecule has 0 N–H and O–H groups in total. The van der Waals surface area contributed by atoms with Crippen molar-refractivity contribution < 1.29 is 25.9 Å². The Balaban J connectivity index is 0. The van der Waals surface area contributed by atoms with Crippen molar-refractivity contribution in [1.82, 2.24) is 0 Å². The van der Waals surface area contributed by atoms with Crippen LogP contribution in [0.2, 0.25) is 0 Å². The van der Waals surface area contributed by atoms with Crippen LogP contribution < -0.4 is 0 Å². The second kappa shape index (κ2) is 8.90. The third kappa shape index (κ3) is 8.97. The van der Waals surface area contributed by atoms with Gasteiger partial charge in [-0.25, -0.2) is 0 Å². The second-order valence-electron chi connectivity index (χ2n) is 0.0711. The van der Waals surface area contributed by atoms with Crippen molar-refractivity contribution in [1.29, 1.82) is 0 Å². The molecule has 0 aromatic heterocycles. The molecule has 0 aromatic carbocycles. The van der Waals surface area contributed by atoms with E-state index in [4.69, 9.17) is 4.79 Å². The summed E-state index contributed by atoms with van der Waals surface area (Å²) in [6, 6.07) is 0. The summed E-state index contributed by atoms with van der Waals surface area (Å²) in [4.78, 5) is 8.78. The van der Waals surface area contributed by atoms with Gasteiger partial charge in [-0.2, -0.15) is 0 Å². The fraction of sp³-hybridized carbons (Fsp3) is 0. The predicted molar refractivity (Wildman–Crippen MR) is 13.9 cm³/mol. The van der Waals surface area contributed by atoms with Gasteiger partial charge in [0.25, 0.3) is 0 Å². The zero-order chi connectivity index (χ0) is 2.71. The van der Waals surface area contributed by atoms with E-state index in [-0.39, 0.29) is 51.4 Å². The first-order chi connectivity index (χ1) is 1.41. The third-order valence-corrected chi connectivity index (χ3v) is 0. The molecule has 0 spiro atoms. The van der Waals surface area contributed by atoms with Crippen molar-refractivity contribution in [3.05, 3.63) is 0 Å². The normalized spacial score (nSPS) is 3.50. The Kier molecular flexibility index (Phi) is 20.9. The molecule has 0 bridgehead atoms. The van der Waals surface area contributed by atoms with Crippen LogP contribution in [0.4, 0.5) is 0 Å². The van der Waals surface area contributed by atoms with Gasteiger partial charge in [0, 0.05) is 0 Å². The number of rotatable bonds is 0. The minimum absolute atomic E-state index is 0. The SMILES string of the molecule is O=[CH][Au].[KH]. The standard InChI is InChI=1S/CHO.Au.K.H/c1-2;;;/h1H;;;. The summed E-state index contributed by atoms with van der Waals surface area (Å²) < 4.78 is 0.694. The minimum atomic E-state index is 0. The topological polar surface area (TPSA) is 17.1 Å². The Morgan fingerprint density at radius 1 is 1.75 bits per heavy atom. The molecule has 0 fully saturated rings. The van der Waals surface area contributed by atoms with Crippen molar-refractivity contribution in [2.45, 2.75) is 0 Å². The van der Waals surface area contributed by atoms with Crippen LogP contribution in [0.1, 0.15) is 0 Å². The maximum absolute atomic E-state index is 8.78. The molecule has 1 nitrogen and oxygen atoms in total. The molecular weight excluding hydrogens is 264 g/mol. The Hall–Kier alpha value is 2.05. The fourth-order valence-corrected chi connectivity index (χ4v) is 0. The molecule has 24 valence electrons. The van der Waals surface area contributed by atoms with Crippen molar-refractivity contribution in [3.63, 3.8) is 0 Å². The predicted octanol–water partition coefficient (Wildman–Crippen LogP) is -0.925. The van der Waals surface area contributed by atoms with Gasteiger partial charge in [-0.3, -0.25) is 0 Å². The fourth-order valence-electron chi connectivity index (χ4n) is 0. The molecule has 0 radical (unpaired) electrons. The van der Waals surface area contributed by atoms with E-state index in [1.54, 1.807) is 21.1 Å². The molecule has 0 unspecified atom stereocenters. The Morgan fingerprint density at radius 2 is 1.75 bits per heavy atom. The maximum atomic E-state index is 8.78. The first-order valence-corrected chi connectivity index (χ1v) is 1.66. The van der Waals surface area contributed by atoms with E-state index in [0.717, 1.165) is 0 Å². The molecule has 0 aromatic rings. The molecule has 3 heteroatoms. The van der Waals surface area contributed by atoms with Crippen molar-refractivity contribution in [2.75, 3.05) is 0 Å². The van der Waals surface area contributed by atoms with Gasteiger partial charge in [0.1, 0.15) is 0 Å². The third-order valence-electron chi connectivity index (χ3n) is 0. The van der Waals surface area contributed by atoms with Gasteiger partial charge in [0.2, 0.25) is 0 Å². The first-order valence-electron chi connectivity index (χ1n) is 0.410. The molecule has 0 atom stereocenters. The summed E-state index contributed by atoms with van der Waals surface area (Å²) in [7, 11) is 0. The van der Waals surface area contributed by atoms with E-state index >= 15 is 0 Å². The van der Waals surface area contributed by atoms with E-state index < -0.39 is 0 Å². The number of carbonyl (C=O) groups excluding carboxylic acids is 1. The van der Waals surface area contributed by atoms with E-state index in [0.29, 0.717) is 4.50 Å². The number of hydrogen-bond acceptors (Lipinski definition) is 1. The van der Waals surface area contributed by atoms with E-state index in [1.165, 1.54) is 0 Å². The molecule has 0 amide bonds. The Bertz CT molecular complexity index is 15.5. The summed E-state index contributed by atoms with van der Waals surface area (Å²) in [5.41, 5.74) is 0.